The average molecular weight is 515 g/mol. The molecule has 1 amide bonds. The molecule has 0 saturated carbocycles. The molecule has 160 valence electrons. The van der Waals surface area contributed by atoms with Crippen LogP contribution in [-0.4, -0.2) is 30.4 Å². The lowest BCUT2D eigenvalue weighted by atomic mass is 10.0. The van der Waals surface area contributed by atoms with Crippen LogP contribution in [0.5, 0.6) is 0 Å². The van der Waals surface area contributed by atoms with Gasteiger partial charge in [0.1, 0.15) is 0 Å². The highest BCUT2D eigenvalue weighted by Crippen LogP contribution is 2.37. The van der Waals surface area contributed by atoms with E-state index in [9.17, 15) is 4.79 Å². The third-order valence-electron chi connectivity index (χ3n) is 5.25. The number of benzene rings is 3. The second-order valence-electron chi connectivity index (χ2n) is 7.27. The summed E-state index contributed by atoms with van der Waals surface area (Å²) < 4.78 is 0. The van der Waals surface area contributed by atoms with E-state index in [1.165, 1.54) is 0 Å². The first-order valence-electron chi connectivity index (χ1n) is 9.54. The number of anilines is 1. The molecule has 0 bridgehead atoms. The van der Waals surface area contributed by atoms with Crippen molar-refractivity contribution < 1.29 is 4.79 Å². The Balaban J connectivity index is 1.68. The third-order valence-corrected chi connectivity index (χ3v) is 6.48. The van der Waals surface area contributed by atoms with Crippen molar-refractivity contribution in [3.05, 3.63) is 96.9 Å². The van der Waals surface area contributed by atoms with Crippen molar-refractivity contribution in [3.63, 3.8) is 0 Å². The van der Waals surface area contributed by atoms with Crippen molar-refractivity contribution in [1.29, 1.82) is 0 Å². The van der Waals surface area contributed by atoms with E-state index < -0.39 is 0 Å². The standard InChI is InChI=1S/C23H17Cl5N2O/c24-16-3-1-14(2-4-16)22-13-29(23(31)15-9-18(26)11-19(27)10-15)7-8-30(22)21-6-5-17(25)12-20(21)28/h1-6,9-12,22H,7-8,13H2. The van der Waals surface area contributed by atoms with Crippen LogP contribution in [0.4, 0.5) is 5.69 Å². The molecule has 31 heavy (non-hydrogen) atoms. The van der Waals surface area contributed by atoms with Gasteiger partial charge < -0.3 is 9.80 Å². The first kappa shape index (κ1) is 22.6. The molecule has 1 unspecified atom stereocenters. The Bertz CT molecular complexity index is 1100. The van der Waals surface area contributed by atoms with E-state index in [-0.39, 0.29) is 11.9 Å². The summed E-state index contributed by atoms with van der Waals surface area (Å²) in [5, 5.41) is 2.64. The molecule has 4 rings (SSSR count). The van der Waals surface area contributed by atoms with Crippen LogP contribution in [0.25, 0.3) is 0 Å². The molecular formula is C23H17Cl5N2O. The molecule has 1 aliphatic rings. The van der Waals surface area contributed by atoms with Crippen LogP contribution in [0.2, 0.25) is 25.1 Å². The van der Waals surface area contributed by atoms with Gasteiger partial charge in [-0.15, -0.1) is 0 Å². The summed E-state index contributed by atoms with van der Waals surface area (Å²) in [6.07, 6.45) is 0. The maximum absolute atomic E-state index is 13.2. The first-order chi connectivity index (χ1) is 14.8. The van der Waals surface area contributed by atoms with Crippen LogP contribution in [0.1, 0.15) is 22.0 Å². The van der Waals surface area contributed by atoms with Crippen LogP contribution in [0, 0.1) is 0 Å². The van der Waals surface area contributed by atoms with Crippen molar-refractivity contribution >= 4 is 69.6 Å². The normalized spacial score (nSPS) is 16.5. The molecule has 1 atom stereocenters. The molecule has 0 aliphatic carbocycles. The molecule has 0 aromatic heterocycles. The minimum absolute atomic E-state index is 0.120. The van der Waals surface area contributed by atoms with Gasteiger partial charge >= 0.3 is 0 Å². The molecule has 3 aromatic rings. The van der Waals surface area contributed by atoms with E-state index in [0.717, 1.165) is 11.3 Å². The molecule has 1 fully saturated rings. The first-order valence-corrected chi connectivity index (χ1v) is 11.4. The number of hydrogen-bond donors (Lipinski definition) is 0. The van der Waals surface area contributed by atoms with Gasteiger partial charge in [0.15, 0.2) is 0 Å². The van der Waals surface area contributed by atoms with Gasteiger partial charge in [-0.05, 0) is 54.1 Å². The average Bonchev–Trinajstić information content (AvgIpc) is 2.73. The van der Waals surface area contributed by atoms with Crippen LogP contribution in [0.15, 0.2) is 60.7 Å². The minimum Gasteiger partial charge on any atom is -0.360 e. The molecule has 1 saturated heterocycles. The Morgan fingerprint density at radius 2 is 1.39 bits per heavy atom. The number of rotatable bonds is 3. The highest BCUT2D eigenvalue weighted by atomic mass is 35.5. The second-order valence-corrected chi connectivity index (χ2v) is 9.42. The van der Waals surface area contributed by atoms with Crippen molar-refractivity contribution in [2.75, 3.05) is 24.5 Å². The molecule has 3 nitrogen and oxygen atoms in total. The zero-order valence-corrected chi connectivity index (χ0v) is 19.9. The predicted molar refractivity (Wildman–Crippen MR) is 130 cm³/mol. The maximum atomic E-state index is 13.2. The van der Waals surface area contributed by atoms with Crippen LogP contribution in [0.3, 0.4) is 0 Å². The van der Waals surface area contributed by atoms with Crippen LogP contribution >= 0.6 is 58.0 Å². The zero-order valence-electron chi connectivity index (χ0n) is 16.2. The molecule has 0 N–H and O–H groups in total. The molecule has 1 aliphatic heterocycles. The van der Waals surface area contributed by atoms with Gasteiger partial charge in [-0.1, -0.05) is 70.1 Å². The highest BCUT2D eigenvalue weighted by molar-refractivity contribution is 6.36. The molecule has 3 aromatic carbocycles. The largest absolute Gasteiger partial charge is 0.360 e. The fourth-order valence-electron chi connectivity index (χ4n) is 3.80. The quantitative estimate of drug-likeness (QED) is 0.358. The summed E-state index contributed by atoms with van der Waals surface area (Å²) in [6, 6.07) is 17.8. The van der Waals surface area contributed by atoms with E-state index in [1.54, 1.807) is 24.3 Å². The summed E-state index contributed by atoms with van der Waals surface area (Å²) >= 11 is 30.9. The number of amides is 1. The topological polar surface area (TPSA) is 23.6 Å². The highest BCUT2D eigenvalue weighted by Gasteiger charge is 2.32. The van der Waals surface area contributed by atoms with Gasteiger partial charge in [0.2, 0.25) is 0 Å². The number of hydrogen-bond acceptors (Lipinski definition) is 2. The Morgan fingerprint density at radius 1 is 0.742 bits per heavy atom. The van der Waals surface area contributed by atoms with Crippen molar-refractivity contribution in [1.82, 2.24) is 4.90 Å². The van der Waals surface area contributed by atoms with E-state index in [4.69, 9.17) is 58.0 Å². The summed E-state index contributed by atoms with van der Waals surface area (Å²) in [5.74, 6) is -0.120. The Labute approximate surface area is 206 Å². The van der Waals surface area contributed by atoms with Gasteiger partial charge in [0, 0.05) is 45.3 Å². The lowest BCUT2D eigenvalue weighted by Crippen LogP contribution is -2.50. The van der Waals surface area contributed by atoms with E-state index in [1.807, 2.05) is 41.3 Å². The Kier molecular flexibility index (Phi) is 6.90. The zero-order chi connectivity index (χ0) is 22.1. The fraction of sp³-hybridized carbons (Fsp3) is 0.174. The molecule has 0 spiro atoms. The summed E-state index contributed by atoms with van der Waals surface area (Å²) in [6.45, 7) is 1.57. The number of carbonyl (C=O) groups excluding carboxylic acids is 1. The minimum atomic E-state index is -0.122. The number of halogens is 5. The summed E-state index contributed by atoms with van der Waals surface area (Å²) in [7, 11) is 0. The maximum Gasteiger partial charge on any atom is 0.254 e. The number of piperazine rings is 1. The summed E-state index contributed by atoms with van der Waals surface area (Å²) in [5.41, 5.74) is 2.35. The monoisotopic (exact) mass is 512 g/mol. The molecule has 1 heterocycles. The third kappa shape index (κ3) is 5.08. The van der Waals surface area contributed by atoms with Crippen molar-refractivity contribution in [3.8, 4) is 0 Å². The number of carbonyl (C=O) groups is 1. The van der Waals surface area contributed by atoms with Crippen molar-refractivity contribution in [2.45, 2.75) is 6.04 Å². The predicted octanol–water partition coefficient (Wildman–Crippen LogP) is 7.66. The SMILES string of the molecule is O=C(c1cc(Cl)cc(Cl)c1)N1CCN(c2ccc(Cl)cc2Cl)C(c2ccc(Cl)cc2)C1. The van der Waals surface area contributed by atoms with E-state index >= 15 is 0 Å². The van der Waals surface area contributed by atoms with Gasteiger partial charge in [-0.2, -0.15) is 0 Å². The van der Waals surface area contributed by atoms with Crippen molar-refractivity contribution in [2.24, 2.45) is 0 Å². The smallest absolute Gasteiger partial charge is 0.254 e. The number of nitrogens with zero attached hydrogens (tertiary/aromatic N) is 2. The fourth-order valence-corrected chi connectivity index (χ4v) is 4.97. The Morgan fingerprint density at radius 3 is 2.03 bits per heavy atom. The van der Waals surface area contributed by atoms with Gasteiger partial charge in [0.25, 0.3) is 5.91 Å². The molecule has 0 radical (unpaired) electrons. The van der Waals surface area contributed by atoms with Gasteiger partial charge in [-0.25, -0.2) is 0 Å². The lowest BCUT2D eigenvalue weighted by Gasteiger charge is -2.43. The Hall–Kier alpha value is -1.62. The van der Waals surface area contributed by atoms with E-state index in [2.05, 4.69) is 4.90 Å². The van der Waals surface area contributed by atoms with E-state index in [0.29, 0.717) is 50.3 Å². The van der Waals surface area contributed by atoms with Crippen LogP contribution < -0.4 is 4.90 Å². The summed E-state index contributed by atoms with van der Waals surface area (Å²) in [4.78, 5) is 17.2. The van der Waals surface area contributed by atoms with Gasteiger partial charge in [-0.3, -0.25) is 4.79 Å². The van der Waals surface area contributed by atoms with Gasteiger partial charge in [0.05, 0.1) is 16.8 Å². The molecule has 8 heteroatoms. The lowest BCUT2D eigenvalue weighted by molar-refractivity contribution is 0.0722. The second kappa shape index (κ2) is 9.48. The molecular weight excluding hydrogens is 498 g/mol. The van der Waals surface area contributed by atoms with Crippen LogP contribution in [-0.2, 0) is 0 Å².